The van der Waals surface area contributed by atoms with Crippen LogP contribution in [0.1, 0.15) is 25.3 Å². The van der Waals surface area contributed by atoms with E-state index in [1.807, 2.05) is 12.1 Å². The number of hydrogen-bond acceptors (Lipinski definition) is 2. The Morgan fingerprint density at radius 1 is 1.38 bits per heavy atom. The largest absolute Gasteiger partial charge is 1.00 e. The van der Waals surface area contributed by atoms with Gasteiger partial charge in [0.15, 0.2) is 0 Å². The monoisotopic (exact) mass is 245 g/mol. The third kappa shape index (κ3) is 2.29. The summed E-state index contributed by atoms with van der Waals surface area (Å²) in [6.45, 7) is 4.28. The summed E-state index contributed by atoms with van der Waals surface area (Å²) in [5, 5.41) is 0. The van der Waals surface area contributed by atoms with Crippen LogP contribution in [-0.4, -0.2) is 4.98 Å². The predicted molar refractivity (Wildman–Crippen MR) is 46.9 cm³/mol. The van der Waals surface area contributed by atoms with Gasteiger partial charge in [0.05, 0.1) is 0 Å². The number of hydrogen-bond donors (Lipinski definition) is 0. The van der Waals surface area contributed by atoms with Crippen molar-refractivity contribution in [2.24, 2.45) is 0 Å². The fourth-order valence-corrected chi connectivity index (χ4v) is 1.32. The van der Waals surface area contributed by atoms with Crippen LogP contribution in [0, 0.1) is 6.39 Å². The molecule has 2 nitrogen and oxygen atoms in total. The van der Waals surface area contributed by atoms with Crippen molar-refractivity contribution in [2.75, 3.05) is 0 Å². The Balaban J connectivity index is 0.000000845. The van der Waals surface area contributed by atoms with E-state index in [-0.39, 0.29) is 58.2 Å². The van der Waals surface area contributed by atoms with E-state index in [1.165, 1.54) is 5.56 Å². The summed E-state index contributed by atoms with van der Waals surface area (Å²) in [5.41, 5.74) is 2.98. The first-order valence-corrected chi connectivity index (χ1v) is 4.04. The normalized spacial score (nSPS) is 10.4. The number of oxazole rings is 1. The van der Waals surface area contributed by atoms with Crippen molar-refractivity contribution in [3.63, 3.8) is 0 Å². The molecule has 13 heavy (non-hydrogen) atoms. The van der Waals surface area contributed by atoms with E-state index in [9.17, 15) is 0 Å². The van der Waals surface area contributed by atoms with Crippen molar-refractivity contribution < 1.29 is 62.6 Å². The number of benzene rings is 1. The Morgan fingerprint density at radius 2 is 2.15 bits per heavy atom. The van der Waals surface area contributed by atoms with Gasteiger partial charge in [0.25, 0.3) is 0 Å². The summed E-state index contributed by atoms with van der Waals surface area (Å²) in [6.07, 6.45) is 2.51. The third-order valence-electron chi connectivity index (χ3n) is 1.97. The molecule has 0 aliphatic heterocycles. The van der Waals surface area contributed by atoms with Crippen molar-refractivity contribution >= 4 is 11.1 Å². The molecule has 0 saturated heterocycles. The Labute approximate surface area is 127 Å². The SMILES string of the molecule is CC(C)c1cccc2o[c-]nc12.[Rb+]. The Kier molecular flexibility index (Phi) is 4.30. The maximum absolute atomic E-state index is 5.07. The van der Waals surface area contributed by atoms with Crippen LogP contribution in [0.25, 0.3) is 11.1 Å². The molecule has 2 rings (SSSR count). The fourth-order valence-electron chi connectivity index (χ4n) is 1.32. The molecule has 1 aromatic heterocycles. The number of nitrogens with zero attached hydrogens (tertiary/aromatic N) is 1. The number of rotatable bonds is 1. The predicted octanol–water partition coefficient (Wildman–Crippen LogP) is -0.245. The minimum absolute atomic E-state index is 0. The first-order valence-electron chi connectivity index (χ1n) is 4.04. The Morgan fingerprint density at radius 3 is 2.85 bits per heavy atom. The van der Waals surface area contributed by atoms with Crippen molar-refractivity contribution in [1.29, 1.82) is 0 Å². The van der Waals surface area contributed by atoms with E-state index in [2.05, 4.69) is 31.3 Å². The third-order valence-corrected chi connectivity index (χ3v) is 1.97. The van der Waals surface area contributed by atoms with Crippen LogP contribution >= 0.6 is 0 Å². The van der Waals surface area contributed by atoms with Gasteiger partial charge < -0.3 is 9.40 Å². The molecule has 0 unspecified atom stereocenters. The molecule has 0 radical (unpaired) electrons. The smallest absolute Gasteiger partial charge is 0.573 e. The molecule has 2 aromatic rings. The summed E-state index contributed by atoms with van der Waals surface area (Å²) >= 11 is 0. The molecule has 0 saturated carbocycles. The topological polar surface area (TPSA) is 26.0 Å². The Hall–Kier alpha value is 0.495. The summed E-state index contributed by atoms with van der Waals surface area (Å²) in [6, 6.07) is 5.96. The van der Waals surface area contributed by atoms with Crippen LogP contribution in [0.2, 0.25) is 0 Å². The van der Waals surface area contributed by atoms with Crippen molar-refractivity contribution in [3.05, 3.63) is 30.2 Å². The minimum Gasteiger partial charge on any atom is -0.573 e. The maximum Gasteiger partial charge on any atom is 1.00 e. The number of aromatic nitrogens is 1. The molecule has 0 bridgehead atoms. The van der Waals surface area contributed by atoms with Gasteiger partial charge >= 0.3 is 58.2 Å². The molecule has 0 aliphatic carbocycles. The van der Waals surface area contributed by atoms with Gasteiger partial charge in [-0.15, -0.1) is 0 Å². The van der Waals surface area contributed by atoms with E-state index in [1.54, 1.807) is 0 Å². The van der Waals surface area contributed by atoms with Crippen LogP contribution in [0.5, 0.6) is 0 Å². The molecule has 0 aliphatic rings. The van der Waals surface area contributed by atoms with Crippen LogP contribution < -0.4 is 58.2 Å². The molecule has 1 aromatic carbocycles. The second-order valence-corrected chi connectivity index (χ2v) is 3.15. The van der Waals surface area contributed by atoms with Gasteiger partial charge in [-0.1, -0.05) is 37.6 Å². The van der Waals surface area contributed by atoms with Gasteiger partial charge in [0.2, 0.25) is 0 Å². The second kappa shape index (κ2) is 4.83. The molecule has 3 heteroatoms. The van der Waals surface area contributed by atoms with Gasteiger partial charge in [-0.3, -0.25) is 0 Å². The minimum atomic E-state index is 0. The van der Waals surface area contributed by atoms with Gasteiger partial charge in [0.1, 0.15) is 6.39 Å². The average molecular weight is 246 g/mol. The number of para-hydroxylation sites is 1. The average Bonchev–Trinajstić information content (AvgIpc) is 2.49. The summed E-state index contributed by atoms with van der Waals surface area (Å²) < 4.78 is 5.07. The molecule has 0 amide bonds. The summed E-state index contributed by atoms with van der Waals surface area (Å²) in [4.78, 5) is 4.05. The molecule has 0 N–H and O–H groups in total. The van der Waals surface area contributed by atoms with Crippen LogP contribution in [0.3, 0.4) is 0 Å². The van der Waals surface area contributed by atoms with Crippen molar-refractivity contribution in [3.8, 4) is 0 Å². The quantitative estimate of drug-likeness (QED) is 0.648. The van der Waals surface area contributed by atoms with Gasteiger partial charge in [0, 0.05) is 0 Å². The Bertz CT molecular complexity index is 394. The van der Waals surface area contributed by atoms with Gasteiger partial charge in [-0.2, -0.15) is 0 Å². The summed E-state index contributed by atoms with van der Waals surface area (Å²) in [5.74, 6) is 0.479. The van der Waals surface area contributed by atoms with E-state index in [0.29, 0.717) is 5.92 Å². The van der Waals surface area contributed by atoms with E-state index in [0.717, 1.165) is 11.1 Å². The van der Waals surface area contributed by atoms with Crippen LogP contribution in [0.15, 0.2) is 22.6 Å². The zero-order valence-corrected chi connectivity index (χ0v) is 13.1. The maximum atomic E-state index is 5.07. The summed E-state index contributed by atoms with van der Waals surface area (Å²) in [7, 11) is 0. The molecular weight excluding hydrogens is 236 g/mol. The molecular formula is C10H10NORb. The van der Waals surface area contributed by atoms with Crippen molar-refractivity contribution in [1.82, 2.24) is 4.98 Å². The first kappa shape index (κ1) is 11.6. The van der Waals surface area contributed by atoms with Crippen LogP contribution in [-0.2, 0) is 0 Å². The van der Waals surface area contributed by atoms with Gasteiger partial charge in [-0.05, 0) is 17.0 Å². The van der Waals surface area contributed by atoms with E-state index >= 15 is 0 Å². The molecule has 1 heterocycles. The fraction of sp³-hybridized carbons (Fsp3) is 0.300. The molecule has 62 valence electrons. The number of fused-ring (bicyclic) bond motifs is 1. The van der Waals surface area contributed by atoms with Crippen molar-refractivity contribution in [2.45, 2.75) is 19.8 Å². The second-order valence-electron chi connectivity index (χ2n) is 3.15. The van der Waals surface area contributed by atoms with Gasteiger partial charge in [-0.25, -0.2) is 0 Å². The first-order chi connectivity index (χ1) is 5.79. The zero-order chi connectivity index (χ0) is 8.55. The van der Waals surface area contributed by atoms with E-state index < -0.39 is 0 Å². The van der Waals surface area contributed by atoms with Crippen LogP contribution in [0.4, 0.5) is 0 Å². The molecule has 0 atom stereocenters. The standard InChI is InChI=1S/C10H10NO.Rb/c1-7(2)8-4-3-5-9-10(8)11-6-12-9;/h3-5,7H,1-2H3;/q-1;+1. The van der Waals surface area contributed by atoms with E-state index in [4.69, 9.17) is 4.42 Å². The zero-order valence-electron chi connectivity index (χ0n) is 8.16. The molecule has 0 fully saturated rings. The molecule has 0 spiro atoms.